The first-order valence-corrected chi connectivity index (χ1v) is 10.6. The van der Waals surface area contributed by atoms with Crippen molar-refractivity contribution in [3.05, 3.63) is 112 Å². The molecule has 1 N–H and O–H groups in total. The number of aromatic nitrogens is 3. The third-order valence-corrected chi connectivity index (χ3v) is 5.49. The number of fused-ring (bicyclic) bond motifs is 1. The van der Waals surface area contributed by atoms with Gasteiger partial charge in [-0.3, -0.25) is 19.1 Å². The molecule has 0 aliphatic heterocycles. The molecule has 0 aliphatic carbocycles. The molecule has 3 aromatic heterocycles. The van der Waals surface area contributed by atoms with Crippen molar-refractivity contribution in [1.82, 2.24) is 19.9 Å². The van der Waals surface area contributed by atoms with Gasteiger partial charge in [-0.1, -0.05) is 18.7 Å². The molecule has 34 heavy (non-hydrogen) atoms. The third kappa shape index (κ3) is 4.76. The Kier molecular flexibility index (Phi) is 6.32. The Morgan fingerprint density at radius 1 is 1.06 bits per heavy atom. The number of allylic oxidation sites excluding steroid dienone is 1. The molecule has 4 rings (SSSR count). The zero-order chi connectivity index (χ0) is 24.4. The minimum absolute atomic E-state index is 0.00364. The average molecular weight is 460 g/mol. The van der Waals surface area contributed by atoms with Crippen LogP contribution in [-0.4, -0.2) is 20.4 Å². The van der Waals surface area contributed by atoms with Crippen LogP contribution in [0.3, 0.4) is 0 Å². The molecule has 0 saturated carbocycles. The van der Waals surface area contributed by atoms with Gasteiger partial charge < -0.3 is 5.32 Å². The van der Waals surface area contributed by atoms with E-state index >= 15 is 0 Å². The molecule has 1 amide bonds. The highest BCUT2D eigenvalue weighted by molar-refractivity contribution is 5.97. The minimum Gasteiger partial charge on any atom is -0.345 e. The van der Waals surface area contributed by atoms with Crippen LogP contribution < -0.4 is 10.9 Å². The van der Waals surface area contributed by atoms with Gasteiger partial charge in [-0.25, -0.2) is 13.8 Å². The number of halogens is 2. The predicted octanol–water partition coefficient (Wildman–Crippen LogP) is 4.64. The van der Waals surface area contributed by atoms with Crippen LogP contribution in [0.4, 0.5) is 8.78 Å². The Labute approximate surface area is 194 Å². The Morgan fingerprint density at radius 2 is 1.76 bits per heavy atom. The summed E-state index contributed by atoms with van der Waals surface area (Å²) in [6, 6.07) is 11.3. The summed E-state index contributed by atoms with van der Waals surface area (Å²) in [5, 5.41) is 3.37. The van der Waals surface area contributed by atoms with Crippen LogP contribution in [0.1, 0.15) is 47.1 Å². The summed E-state index contributed by atoms with van der Waals surface area (Å²) in [5.74, 6) is -1.45. The summed E-state index contributed by atoms with van der Waals surface area (Å²) >= 11 is 0. The number of amides is 1. The third-order valence-electron chi connectivity index (χ3n) is 5.49. The topological polar surface area (TPSA) is 76.9 Å². The highest BCUT2D eigenvalue weighted by Gasteiger charge is 2.19. The number of hydrogen-bond donors (Lipinski definition) is 1. The van der Waals surface area contributed by atoms with Crippen LogP contribution >= 0.6 is 0 Å². The van der Waals surface area contributed by atoms with Gasteiger partial charge in [-0.15, -0.1) is 0 Å². The van der Waals surface area contributed by atoms with E-state index in [1.54, 1.807) is 31.3 Å². The molecular weight excluding hydrogens is 438 g/mol. The van der Waals surface area contributed by atoms with E-state index in [9.17, 15) is 18.4 Å². The van der Waals surface area contributed by atoms with Crippen LogP contribution in [0.25, 0.3) is 16.6 Å². The number of nitrogens with zero attached hydrogens (tertiary/aromatic N) is 3. The Bertz CT molecular complexity index is 1450. The van der Waals surface area contributed by atoms with Crippen molar-refractivity contribution in [1.29, 1.82) is 0 Å². The van der Waals surface area contributed by atoms with Gasteiger partial charge in [0.1, 0.15) is 22.8 Å². The number of carbonyl (C=O) groups is 1. The first-order valence-electron chi connectivity index (χ1n) is 10.6. The molecule has 0 fully saturated rings. The predicted molar refractivity (Wildman–Crippen MR) is 126 cm³/mol. The van der Waals surface area contributed by atoms with Crippen LogP contribution in [0, 0.1) is 11.6 Å². The van der Waals surface area contributed by atoms with Crippen LogP contribution in [0.2, 0.25) is 0 Å². The van der Waals surface area contributed by atoms with Crippen LogP contribution in [0.15, 0.2) is 72.3 Å². The van der Waals surface area contributed by atoms with Crippen molar-refractivity contribution in [3.8, 4) is 0 Å². The molecule has 1 atom stereocenters. The van der Waals surface area contributed by atoms with Gasteiger partial charge in [-0.05, 0) is 66.9 Å². The van der Waals surface area contributed by atoms with Crippen LogP contribution in [0.5, 0.6) is 0 Å². The van der Waals surface area contributed by atoms with E-state index in [-0.39, 0.29) is 17.9 Å². The lowest BCUT2D eigenvalue weighted by molar-refractivity contribution is 0.0938. The van der Waals surface area contributed by atoms with Crippen LogP contribution in [-0.2, 0) is 6.54 Å². The molecule has 1 aromatic carbocycles. The van der Waals surface area contributed by atoms with E-state index in [1.165, 1.54) is 34.9 Å². The van der Waals surface area contributed by atoms with Crippen molar-refractivity contribution in [2.75, 3.05) is 0 Å². The monoisotopic (exact) mass is 460 g/mol. The molecule has 6 nitrogen and oxygen atoms in total. The van der Waals surface area contributed by atoms with E-state index in [1.807, 2.05) is 6.92 Å². The average Bonchev–Trinajstić information content (AvgIpc) is 2.81. The Morgan fingerprint density at radius 3 is 2.41 bits per heavy atom. The van der Waals surface area contributed by atoms with Crippen molar-refractivity contribution >= 4 is 22.5 Å². The summed E-state index contributed by atoms with van der Waals surface area (Å²) in [4.78, 5) is 35.0. The second kappa shape index (κ2) is 9.35. The van der Waals surface area contributed by atoms with Crippen molar-refractivity contribution in [2.24, 2.45) is 0 Å². The standard InChI is InChI=1S/C26H22F2N4O2/c1-15(2)19-10-18-11-23(25(33)31-16(3)17-4-6-20(27)7-5-17)26(34)32(24(18)30-12-19)14-22-9-8-21(28)13-29-22/h4-13,16H,1,14H2,2-3H3,(H,31,33). The molecule has 8 heteroatoms. The lowest BCUT2D eigenvalue weighted by atomic mass is 10.1. The fourth-order valence-corrected chi connectivity index (χ4v) is 3.58. The number of pyridine rings is 3. The van der Waals surface area contributed by atoms with Gasteiger partial charge in [0.15, 0.2) is 0 Å². The van der Waals surface area contributed by atoms with Gasteiger partial charge in [0.05, 0.1) is 24.5 Å². The maximum atomic E-state index is 13.4. The second-order valence-corrected chi connectivity index (χ2v) is 8.08. The summed E-state index contributed by atoms with van der Waals surface area (Å²) in [6.07, 6.45) is 2.67. The van der Waals surface area contributed by atoms with Crippen molar-refractivity contribution < 1.29 is 13.6 Å². The second-order valence-electron chi connectivity index (χ2n) is 8.08. The minimum atomic E-state index is -0.578. The molecule has 1 unspecified atom stereocenters. The summed E-state index contributed by atoms with van der Waals surface area (Å²) in [5.41, 5.74) is 2.41. The van der Waals surface area contributed by atoms with Gasteiger partial charge in [0.25, 0.3) is 11.5 Å². The molecule has 0 radical (unpaired) electrons. The molecular formula is C26H22F2N4O2. The molecule has 4 aromatic rings. The lowest BCUT2D eigenvalue weighted by Gasteiger charge is -2.16. The number of hydrogen-bond acceptors (Lipinski definition) is 4. The Hall–Kier alpha value is -4.20. The Balaban J connectivity index is 1.78. The fourth-order valence-electron chi connectivity index (χ4n) is 3.58. The SMILES string of the molecule is C=C(C)c1cnc2c(c1)cc(C(=O)NC(C)c1ccc(F)cc1)c(=O)n2Cc1ccc(F)cn1. The zero-order valence-corrected chi connectivity index (χ0v) is 18.7. The smallest absolute Gasteiger partial charge is 0.265 e. The highest BCUT2D eigenvalue weighted by Crippen LogP contribution is 2.20. The van der Waals surface area contributed by atoms with Gasteiger partial charge >= 0.3 is 0 Å². The largest absolute Gasteiger partial charge is 0.345 e. The molecule has 3 heterocycles. The molecule has 0 spiro atoms. The van der Waals surface area contributed by atoms with E-state index in [0.717, 1.165) is 17.3 Å². The summed E-state index contributed by atoms with van der Waals surface area (Å²) in [6.45, 7) is 7.50. The maximum Gasteiger partial charge on any atom is 0.265 e. The molecule has 0 aliphatic rings. The van der Waals surface area contributed by atoms with E-state index in [4.69, 9.17) is 0 Å². The number of carbonyl (C=O) groups excluding carboxylic acids is 1. The van der Waals surface area contributed by atoms with Gasteiger partial charge in [-0.2, -0.15) is 0 Å². The zero-order valence-electron chi connectivity index (χ0n) is 18.7. The number of benzene rings is 1. The number of nitrogens with one attached hydrogen (secondary N) is 1. The summed E-state index contributed by atoms with van der Waals surface area (Å²) < 4.78 is 27.9. The normalized spacial score (nSPS) is 11.9. The highest BCUT2D eigenvalue weighted by atomic mass is 19.1. The molecule has 172 valence electrons. The van der Waals surface area contributed by atoms with E-state index < -0.39 is 23.3 Å². The first-order chi connectivity index (χ1) is 16.2. The lowest BCUT2D eigenvalue weighted by Crippen LogP contribution is -2.35. The van der Waals surface area contributed by atoms with Gasteiger partial charge in [0.2, 0.25) is 0 Å². The first kappa shape index (κ1) is 23.0. The summed E-state index contributed by atoms with van der Waals surface area (Å²) in [7, 11) is 0. The fraction of sp³-hybridized carbons (Fsp3) is 0.154. The quantitative estimate of drug-likeness (QED) is 0.455. The van der Waals surface area contributed by atoms with E-state index in [2.05, 4.69) is 21.9 Å². The van der Waals surface area contributed by atoms with E-state index in [0.29, 0.717) is 22.3 Å². The van der Waals surface area contributed by atoms with Gasteiger partial charge in [0, 0.05) is 11.6 Å². The molecule has 0 bridgehead atoms. The number of rotatable bonds is 6. The molecule has 0 saturated heterocycles. The maximum absolute atomic E-state index is 13.4. The van der Waals surface area contributed by atoms with Crippen molar-refractivity contribution in [3.63, 3.8) is 0 Å². The van der Waals surface area contributed by atoms with Crippen molar-refractivity contribution in [2.45, 2.75) is 26.4 Å².